The number of aryl methyl sites for hydroxylation is 2. The fourth-order valence-electron chi connectivity index (χ4n) is 3.88. The van der Waals surface area contributed by atoms with E-state index in [1.807, 2.05) is 0 Å². The lowest BCUT2D eigenvalue weighted by Crippen LogP contribution is -2.28. The van der Waals surface area contributed by atoms with Crippen LogP contribution in [0.25, 0.3) is 0 Å². The van der Waals surface area contributed by atoms with Crippen LogP contribution in [0.1, 0.15) is 22.3 Å². The van der Waals surface area contributed by atoms with Crippen molar-refractivity contribution in [1.29, 1.82) is 0 Å². The monoisotopic (exact) mass is 548 g/mol. The van der Waals surface area contributed by atoms with E-state index in [1.54, 1.807) is 36.4 Å². The van der Waals surface area contributed by atoms with Gasteiger partial charge in [0.2, 0.25) is 11.8 Å². The first-order valence-electron chi connectivity index (χ1n) is 11.4. The first-order chi connectivity index (χ1) is 18.5. The van der Waals surface area contributed by atoms with Crippen LogP contribution in [0.5, 0.6) is 23.3 Å². The number of hydrogen-bond acceptors (Lipinski definition) is 7. The van der Waals surface area contributed by atoms with Crippen molar-refractivity contribution in [2.45, 2.75) is 25.2 Å². The molecule has 0 amide bonds. The van der Waals surface area contributed by atoms with Gasteiger partial charge in [-0.2, -0.15) is 31.5 Å². The van der Waals surface area contributed by atoms with E-state index in [-0.39, 0.29) is 11.8 Å². The maximum atomic E-state index is 12.8. The lowest BCUT2D eigenvalue weighted by atomic mass is 10.00. The molecular formula is C26H18F6N4O3. The standard InChI is InChI=1S/C26H18F6N4O3/c27-25(28,29)17-3-9-23(33-13-17)38-19-5-7-21-15(11-19)1-2-16-12-20(6-8-22(16)36(37)35-21)39-24-10-4-18(14-34-24)26(30,31)32/h3-14,35,37H,1-2H2. The highest BCUT2D eigenvalue weighted by Crippen LogP contribution is 2.35. The summed E-state index contributed by atoms with van der Waals surface area (Å²) in [6, 6.07) is 13.6. The maximum Gasteiger partial charge on any atom is 0.417 e. The van der Waals surface area contributed by atoms with Crippen LogP contribution in [0, 0.1) is 0 Å². The number of anilines is 2. The summed E-state index contributed by atoms with van der Waals surface area (Å²) in [5.41, 5.74) is 3.47. The molecule has 5 rings (SSSR count). The number of nitrogens with zero attached hydrogens (tertiary/aromatic N) is 3. The Morgan fingerprint density at radius 3 is 1.72 bits per heavy atom. The van der Waals surface area contributed by atoms with E-state index in [9.17, 15) is 31.5 Å². The van der Waals surface area contributed by atoms with Crippen molar-refractivity contribution < 1.29 is 41.0 Å². The summed E-state index contributed by atoms with van der Waals surface area (Å²) in [5, 5.41) is 11.5. The number of aromatic nitrogens is 2. The molecule has 1 aliphatic heterocycles. The highest BCUT2D eigenvalue weighted by molar-refractivity contribution is 5.64. The maximum absolute atomic E-state index is 12.8. The van der Waals surface area contributed by atoms with E-state index in [0.717, 1.165) is 35.0 Å². The smallest absolute Gasteiger partial charge is 0.417 e. The van der Waals surface area contributed by atoms with E-state index in [2.05, 4.69) is 15.4 Å². The third-order valence-electron chi connectivity index (χ3n) is 5.82. The molecule has 0 saturated carbocycles. The number of halogens is 6. The highest BCUT2D eigenvalue weighted by Gasteiger charge is 2.31. The number of benzene rings is 2. The van der Waals surface area contributed by atoms with Gasteiger partial charge in [0.05, 0.1) is 22.5 Å². The van der Waals surface area contributed by atoms with E-state index in [0.29, 0.717) is 53.7 Å². The van der Waals surface area contributed by atoms with Crippen LogP contribution in [0.3, 0.4) is 0 Å². The van der Waals surface area contributed by atoms with Crippen LogP contribution in [0.2, 0.25) is 0 Å². The average Bonchev–Trinajstić information content (AvgIpc) is 2.87. The number of hydrazine groups is 1. The highest BCUT2D eigenvalue weighted by atomic mass is 19.4. The molecule has 1 aliphatic rings. The Morgan fingerprint density at radius 2 is 1.21 bits per heavy atom. The number of hydrogen-bond donors (Lipinski definition) is 2. The quantitative estimate of drug-likeness (QED) is 0.257. The van der Waals surface area contributed by atoms with Crippen molar-refractivity contribution in [3.63, 3.8) is 0 Å². The molecule has 0 bridgehead atoms. The largest absolute Gasteiger partial charge is 0.439 e. The Bertz CT molecular complexity index is 1480. The summed E-state index contributed by atoms with van der Waals surface area (Å²) >= 11 is 0. The second kappa shape index (κ2) is 9.98. The van der Waals surface area contributed by atoms with Gasteiger partial charge < -0.3 is 9.47 Å². The van der Waals surface area contributed by atoms with Gasteiger partial charge >= 0.3 is 12.4 Å². The van der Waals surface area contributed by atoms with Gasteiger partial charge in [-0.3, -0.25) is 10.6 Å². The van der Waals surface area contributed by atoms with Gasteiger partial charge in [-0.15, -0.1) is 0 Å². The summed E-state index contributed by atoms with van der Waals surface area (Å²) in [6.45, 7) is 0. The third-order valence-corrected chi connectivity index (χ3v) is 5.82. The van der Waals surface area contributed by atoms with E-state index >= 15 is 0 Å². The second-order valence-electron chi connectivity index (χ2n) is 8.50. The van der Waals surface area contributed by atoms with Crippen LogP contribution < -0.4 is 20.1 Å². The van der Waals surface area contributed by atoms with E-state index in [1.165, 1.54) is 0 Å². The van der Waals surface area contributed by atoms with Gasteiger partial charge in [0.1, 0.15) is 11.5 Å². The SMILES string of the molecule is ON1Nc2ccc(Oc3ccc(C(F)(F)F)cn3)cc2CCc2cc(Oc3ccc(C(F)(F)F)cn3)ccc21. The Hall–Kier alpha value is -4.52. The van der Waals surface area contributed by atoms with Gasteiger partial charge in [0.15, 0.2) is 0 Å². The van der Waals surface area contributed by atoms with Crippen LogP contribution >= 0.6 is 0 Å². The van der Waals surface area contributed by atoms with Crippen LogP contribution in [-0.2, 0) is 25.2 Å². The molecule has 202 valence electrons. The first-order valence-corrected chi connectivity index (χ1v) is 11.4. The van der Waals surface area contributed by atoms with Gasteiger partial charge in [0.25, 0.3) is 0 Å². The summed E-state index contributed by atoms with van der Waals surface area (Å²) in [5.74, 6) is 0.588. The van der Waals surface area contributed by atoms with Gasteiger partial charge in [-0.05, 0) is 72.5 Å². The fourth-order valence-corrected chi connectivity index (χ4v) is 3.88. The Morgan fingerprint density at radius 1 is 0.692 bits per heavy atom. The van der Waals surface area contributed by atoms with Gasteiger partial charge in [-0.25, -0.2) is 9.97 Å². The van der Waals surface area contributed by atoms with Crippen LogP contribution in [-0.4, -0.2) is 15.2 Å². The number of ether oxygens (including phenoxy) is 2. The Labute approximate surface area is 217 Å². The van der Waals surface area contributed by atoms with Crippen molar-refractivity contribution in [3.8, 4) is 23.3 Å². The zero-order valence-electron chi connectivity index (χ0n) is 19.7. The Balaban J connectivity index is 1.32. The van der Waals surface area contributed by atoms with E-state index < -0.39 is 23.5 Å². The molecule has 7 nitrogen and oxygen atoms in total. The number of alkyl halides is 6. The van der Waals surface area contributed by atoms with Crippen molar-refractivity contribution in [1.82, 2.24) is 9.97 Å². The summed E-state index contributed by atoms with van der Waals surface area (Å²) in [6.07, 6.45) is -6.75. The zero-order valence-corrected chi connectivity index (χ0v) is 19.7. The number of pyridine rings is 2. The lowest BCUT2D eigenvalue weighted by molar-refractivity contribution is -0.138. The molecule has 0 radical (unpaired) electrons. The second-order valence-corrected chi connectivity index (χ2v) is 8.50. The van der Waals surface area contributed by atoms with Crippen molar-refractivity contribution in [3.05, 3.63) is 95.3 Å². The van der Waals surface area contributed by atoms with Crippen molar-refractivity contribution in [2.24, 2.45) is 0 Å². The average molecular weight is 548 g/mol. The minimum atomic E-state index is -4.51. The van der Waals surface area contributed by atoms with Gasteiger partial charge in [0, 0.05) is 24.5 Å². The molecule has 0 saturated heterocycles. The molecule has 2 aromatic carbocycles. The zero-order chi connectivity index (χ0) is 27.8. The predicted molar refractivity (Wildman–Crippen MR) is 127 cm³/mol. The van der Waals surface area contributed by atoms with E-state index in [4.69, 9.17) is 9.47 Å². The van der Waals surface area contributed by atoms with Gasteiger partial charge in [-0.1, -0.05) is 0 Å². The number of fused-ring (bicyclic) bond motifs is 2. The van der Waals surface area contributed by atoms with Crippen molar-refractivity contribution in [2.75, 3.05) is 10.6 Å². The molecule has 0 atom stereocenters. The topological polar surface area (TPSA) is 79.7 Å². The molecule has 2 N–H and O–H groups in total. The summed E-state index contributed by atoms with van der Waals surface area (Å²) in [7, 11) is 0. The molecule has 4 aromatic rings. The first kappa shape index (κ1) is 26.1. The third kappa shape index (κ3) is 5.98. The number of rotatable bonds is 4. The summed E-state index contributed by atoms with van der Waals surface area (Å²) in [4.78, 5) is 7.41. The molecule has 0 unspecified atom stereocenters. The fraction of sp³-hybridized carbons (Fsp3) is 0.154. The Kier molecular flexibility index (Phi) is 6.68. The van der Waals surface area contributed by atoms with Crippen LogP contribution in [0.4, 0.5) is 37.7 Å². The predicted octanol–water partition coefficient (Wildman–Crippen LogP) is 7.42. The molecule has 0 spiro atoms. The van der Waals surface area contributed by atoms with Crippen molar-refractivity contribution >= 4 is 11.4 Å². The molecule has 3 heterocycles. The summed E-state index contributed by atoms with van der Waals surface area (Å²) < 4.78 is 87.9. The number of nitrogens with one attached hydrogen (secondary N) is 1. The molecule has 2 aromatic heterocycles. The molecule has 0 aliphatic carbocycles. The normalized spacial score (nSPS) is 13.5. The minimum Gasteiger partial charge on any atom is -0.439 e. The molecular weight excluding hydrogens is 530 g/mol. The minimum absolute atomic E-state index is 0.0189. The molecule has 13 heteroatoms. The van der Waals surface area contributed by atoms with Crippen LogP contribution in [0.15, 0.2) is 73.1 Å². The lowest BCUT2D eigenvalue weighted by Gasteiger charge is -2.26. The molecule has 39 heavy (non-hydrogen) atoms. The molecule has 0 fully saturated rings.